The first-order valence-electron chi connectivity index (χ1n) is 3.40. The number of benzene rings is 1. The fourth-order valence-electron chi connectivity index (χ4n) is 0.735. The third-order valence-corrected chi connectivity index (χ3v) is 2.55. The van der Waals surface area contributed by atoms with Crippen LogP contribution in [0.4, 0.5) is 0 Å². The van der Waals surface area contributed by atoms with Crippen molar-refractivity contribution in [3.8, 4) is 5.75 Å². The number of carbonyl (C=O) groups is 1. The molecule has 0 spiro atoms. The Balaban J connectivity index is 2.77. The van der Waals surface area contributed by atoms with E-state index in [9.17, 15) is 4.79 Å². The largest absolute Gasteiger partial charge is 0.480 e. The first kappa shape index (κ1) is 10.3. The van der Waals surface area contributed by atoms with E-state index in [2.05, 4.69) is 15.9 Å². The lowest BCUT2D eigenvalue weighted by molar-refractivity contribution is -0.139. The van der Waals surface area contributed by atoms with Crippen LogP contribution in [0.5, 0.6) is 5.75 Å². The summed E-state index contributed by atoms with van der Waals surface area (Å²) >= 11 is 9.01. The molecule has 0 aromatic heterocycles. The SMILES string of the molecule is O=C(O)COc1cccc(Br)c1Cl. The number of carboxylic acid groups (broad SMARTS) is 1. The minimum absolute atomic E-state index is 0.360. The zero-order chi connectivity index (χ0) is 9.84. The molecule has 70 valence electrons. The second-order valence-corrected chi connectivity index (χ2v) is 3.47. The summed E-state index contributed by atoms with van der Waals surface area (Å²) in [7, 11) is 0. The molecular weight excluding hydrogens is 259 g/mol. The number of carboxylic acids is 1. The van der Waals surface area contributed by atoms with Gasteiger partial charge in [0.2, 0.25) is 0 Å². The van der Waals surface area contributed by atoms with Crippen LogP contribution in [0.3, 0.4) is 0 Å². The van der Waals surface area contributed by atoms with Crippen LogP contribution >= 0.6 is 27.5 Å². The van der Waals surface area contributed by atoms with E-state index in [1.807, 2.05) is 0 Å². The lowest BCUT2D eigenvalue weighted by Crippen LogP contribution is -2.09. The Morgan fingerprint density at radius 2 is 2.31 bits per heavy atom. The zero-order valence-electron chi connectivity index (χ0n) is 6.46. The van der Waals surface area contributed by atoms with Crippen molar-refractivity contribution in [3.05, 3.63) is 27.7 Å². The minimum Gasteiger partial charge on any atom is -0.480 e. The fraction of sp³-hybridized carbons (Fsp3) is 0.125. The van der Waals surface area contributed by atoms with Crippen LogP contribution in [0, 0.1) is 0 Å². The predicted octanol–water partition coefficient (Wildman–Crippen LogP) is 2.57. The molecule has 1 N–H and O–H groups in total. The Hall–Kier alpha value is -0.740. The van der Waals surface area contributed by atoms with Crippen LogP contribution in [0.2, 0.25) is 5.02 Å². The van der Waals surface area contributed by atoms with Gasteiger partial charge in [-0.05, 0) is 28.1 Å². The molecule has 3 nitrogen and oxygen atoms in total. The molecule has 0 amide bonds. The quantitative estimate of drug-likeness (QED) is 0.913. The van der Waals surface area contributed by atoms with E-state index < -0.39 is 12.6 Å². The van der Waals surface area contributed by atoms with Crippen LogP contribution in [0.15, 0.2) is 22.7 Å². The number of hydrogen-bond acceptors (Lipinski definition) is 2. The van der Waals surface area contributed by atoms with Gasteiger partial charge >= 0.3 is 5.97 Å². The van der Waals surface area contributed by atoms with Gasteiger partial charge in [-0.15, -0.1) is 0 Å². The van der Waals surface area contributed by atoms with Gasteiger partial charge < -0.3 is 9.84 Å². The van der Waals surface area contributed by atoms with Gasteiger partial charge in [0.05, 0.1) is 5.02 Å². The first-order chi connectivity index (χ1) is 6.11. The molecular formula is C8H6BrClO3. The summed E-state index contributed by atoms with van der Waals surface area (Å²) in [6, 6.07) is 5.07. The molecule has 13 heavy (non-hydrogen) atoms. The molecule has 1 aromatic carbocycles. The third kappa shape index (κ3) is 2.90. The highest BCUT2D eigenvalue weighted by atomic mass is 79.9. The van der Waals surface area contributed by atoms with Crippen LogP contribution in [-0.4, -0.2) is 17.7 Å². The van der Waals surface area contributed by atoms with Gasteiger partial charge in [-0.3, -0.25) is 0 Å². The molecule has 1 aromatic rings. The average molecular weight is 265 g/mol. The van der Waals surface area contributed by atoms with Crippen molar-refractivity contribution >= 4 is 33.5 Å². The number of ether oxygens (including phenoxy) is 1. The Labute approximate surface area is 88.4 Å². The Morgan fingerprint density at radius 1 is 1.62 bits per heavy atom. The molecule has 0 aliphatic rings. The second kappa shape index (κ2) is 4.48. The van der Waals surface area contributed by atoms with Crippen molar-refractivity contribution in [1.82, 2.24) is 0 Å². The summed E-state index contributed by atoms with van der Waals surface area (Å²) in [4.78, 5) is 10.2. The molecule has 0 fully saturated rings. The van der Waals surface area contributed by atoms with E-state index >= 15 is 0 Å². The van der Waals surface area contributed by atoms with E-state index in [1.165, 1.54) is 0 Å². The van der Waals surface area contributed by atoms with Gasteiger partial charge in [-0.25, -0.2) is 4.79 Å². The third-order valence-electron chi connectivity index (χ3n) is 1.27. The average Bonchev–Trinajstić information content (AvgIpc) is 2.07. The standard InChI is InChI=1S/C8H6BrClO3/c9-5-2-1-3-6(8(5)10)13-4-7(11)12/h1-3H,4H2,(H,11,12). The summed E-state index contributed by atoms with van der Waals surface area (Å²) < 4.78 is 5.60. The van der Waals surface area contributed by atoms with Gasteiger partial charge in [-0.1, -0.05) is 17.7 Å². The molecule has 0 aliphatic carbocycles. The molecule has 0 unspecified atom stereocenters. The normalized spacial score (nSPS) is 9.69. The molecule has 0 bridgehead atoms. The lowest BCUT2D eigenvalue weighted by atomic mass is 10.3. The maximum absolute atomic E-state index is 10.2. The van der Waals surface area contributed by atoms with Crippen molar-refractivity contribution < 1.29 is 14.6 Å². The molecule has 1 rings (SSSR count). The number of rotatable bonds is 3. The zero-order valence-corrected chi connectivity index (χ0v) is 8.80. The topological polar surface area (TPSA) is 46.5 Å². The van der Waals surface area contributed by atoms with Crippen molar-refractivity contribution in [2.75, 3.05) is 6.61 Å². The van der Waals surface area contributed by atoms with Crippen molar-refractivity contribution in [1.29, 1.82) is 0 Å². The predicted molar refractivity (Wildman–Crippen MR) is 52.3 cm³/mol. The van der Waals surface area contributed by atoms with E-state index in [0.29, 0.717) is 15.2 Å². The van der Waals surface area contributed by atoms with E-state index in [1.54, 1.807) is 18.2 Å². The Bertz CT molecular complexity index is 327. The van der Waals surface area contributed by atoms with Crippen molar-refractivity contribution in [2.24, 2.45) is 0 Å². The summed E-state index contributed by atoms with van der Waals surface area (Å²) in [5.41, 5.74) is 0. The van der Waals surface area contributed by atoms with Crippen LogP contribution < -0.4 is 4.74 Å². The highest BCUT2D eigenvalue weighted by Crippen LogP contribution is 2.31. The molecule has 0 aliphatic heterocycles. The Kier molecular flexibility index (Phi) is 3.57. The second-order valence-electron chi connectivity index (χ2n) is 2.23. The van der Waals surface area contributed by atoms with Gasteiger partial charge in [0.15, 0.2) is 6.61 Å². The van der Waals surface area contributed by atoms with E-state index in [-0.39, 0.29) is 0 Å². The molecule has 0 radical (unpaired) electrons. The van der Waals surface area contributed by atoms with E-state index in [4.69, 9.17) is 21.4 Å². The molecule has 5 heteroatoms. The van der Waals surface area contributed by atoms with Crippen LogP contribution in [0.1, 0.15) is 0 Å². The molecule has 0 saturated heterocycles. The van der Waals surface area contributed by atoms with Crippen LogP contribution in [0.25, 0.3) is 0 Å². The number of aliphatic carboxylic acids is 1. The molecule has 0 heterocycles. The monoisotopic (exact) mass is 264 g/mol. The molecule has 0 atom stereocenters. The summed E-state index contributed by atoms with van der Waals surface area (Å²) in [6.45, 7) is -0.393. The maximum atomic E-state index is 10.2. The van der Waals surface area contributed by atoms with Gasteiger partial charge in [0.25, 0.3) is 0 Å². The van der Waals surface area contributed by atoms with E-state index in [0.717, 1.165) is 0 Å². The summed E-state index contributed by atoms with van der Waals surface area (Å²) in [5, 5.41) is 8.73. The Morgan fingerprint density at radius 3 is 2.92 bits per heavy atom. The highest BCUT2D eigenvalue weighted by molar-refractivity contribution is 9.10. The fourth-order valence-corrected chi connectivity index (χ4v) is 1.26. The minimum atomic E-state index is -1.03. The van der Waals surface area contributed by atoms with Gasteiger partial charge in [-0.2, -0.15) is 0 Å². The smallest absolute Gasteiger partial charge is 0.341 e. The number of hydrogen-bond donors (Lipinski definition) is 1. The number of halogens is 2. The van der Waals surface area contributed by atoms with Gasteiger partial charge in [0.1, 0.15) is 5.75 Å². The van der Waals surface area contributed by atoms with Crippen molar-refractivity contribution in [2.45, 2.75) is 0 Å². The highest BCUT2D eigenvalue weighted by Gasteiger charge is 2.06. The molecule has 0 saturated carbocycles. The first-order valence-corrected chi connectivity index (χ1v) is 4.57. The summed E-state index contributed by atoms with van der Waals surface area (Å²) in [6.07, 6.45) is 0. The maximum Gasteiger partial charge on any atom is 0.341 e. The van der Waals surface area contributed by atoms with Crippen molar-refractivity contribution in [3.63, 3.8) is 0 Å². The van der Waals surface area contributed by atoms with Crippen LogP contribution in [-0.2, 0) is 4.79 Å². The lowest BCUT2D eigenvalue weighted by Gasteiger charge is -2.05. The van der Waals surface area contributed by atoms with Gasteiger partial charge in [0, 0.05) is 4.47 Å². The summed E-state index contributed by atoms with van der Waals surface area (Å²) in [5.74, 6) is -0.672.